The number of anilines is 2. The fraction of sp³-hybridized carbons (Fsp3) is 0.500. The standard InChI is InChI=1S/C14H20N2O/c1-10(2)16-9-5-8-13(17)15-12-7-4-6-11(3)14(12)16/h4,6-7,10H,5,8-9H2,1-3H3,(H,15,17). The van der Waals surface area contributed by atoms with Gasteiger partial charge in [0.2, 0.25) is 5.91 Å². The Bertz CT molecular complexity index is 426. The molecule has 1 aliphatic heterocycles. The minimum atomic E-state index is 0.125. The van der Waals surface area contributed by atoms with Crippen LogP contribution in [0.3, 0.4) is 0 Å². The van der Waals surface area contributed by atoms with Crippen LogP contribution in [0.25, 0.3) is 0 Å². The van der Waals surface area contributed by atoms with Gasteiger partial charge in [0.05, 0.1) is 11.4 Å². The molecular formula is C14H20N2O. The second kappa shape index (κ2) is 4.78. The molecule has 92 valence electrons. The van der Waals surface area contributed by atoms with E-state index in [1.807, 2.05) is 12.1 Å². The predicted molar refractivity (Wildman–Crippen MR) is 71.5 cm³/mol. The van der Waals surface area contributed by atoms with Gasteiger partial charge >= 0.3 is 0 Å². The Morgan fingerprint density at radius 1 is 1.35 bits per heavy atom. The third kappa shape index (κ3) is 2.43. The molecule has 0 atom stereocenters. The fourth-order valence-electron chi connectivity index (χ4n) is 2.39. The Labute approximate surface area is 103 Å². The molecule has 0 spiro atoms. The van der Waals surface area contributed by atoms with Crippen molar-refractivity contribution < 1.29 is 4.79 Å². The van der Waals surface area contributed by atoms with Crippen LogP contribution in [0.15, 0.2) is 18.2 Å². The molecule has 0 fully saturated rings. The first-order valence-electron chi connectivity index (χ1n) is 6.25. The Balaban J connectivity index is 2.49. The quantitative estimate of drug-likeness (QED) is 0.807. The number of hydrogen-bond acceptors (Lipinski definition) is 2. The van der Waals surface area contributed by atoms with Gasteiger partial charge in [-0.3, -0.25) is 4.79 Å². The molecule has 2 rings (SSSR count). The summed E-state index contributed by atoms with van der Waals surface area (Å²) in [7, 11) is 0. The predicted octanol–water partition coefficient (Wildman–Crippen LogP) is 2.94. The topological polar surface area (TPSA) is 32.3 Å². The van der Waals surface area contributed by atoms with E-state index in [1.54, 1.807) is 0 Å². The minimum Gasteiger partial charge on any atom is -0.367 e. The summed E-state index contributed by atoms with van der Waals surface area (Å²) in [6.45, 7) is 7.43. The summed E-state index contributed by atoms with van der Waals surface area (Å²) >= 11 is 0. The lowest BCUT2D eigenvalue weighted by molar-refractivity contribution is -0.116. The van der Waals surface area contributed by atoms with Gasteiger partial charge in [-0.1, -0.05) is 12.1 Å². The molecule has 0 radical (unpaired) electrons. The number of carbonyl (C=O) groups is 1. The van der Waals surface area contributed by atoms with Crippen LogP contribution in [0.4, 0.5) is 11.4 Å². The second-order valence-electron chi connectivity index (χ2n) is 4.91. The van der Waals surface area contributed by atoms with Crippen molar-refractivity contribution in [3.8, 4) is 0 Å². The van der Waals surface area contributed by atoms with E-state index in [2.05, 4.69) is 37.1 Å². The molecule has 0 unspecified atom stereocenters. The van der Waals surface area contributed by atoms with Crippen LogP contribution in [0.1, 0.15) is 32.3 Å². The van der Waals surface area contributed by atoms with Gasteiger partial charge < -0.3 is 10.2 Å². The van der Waals surface area contributed by atoms with Crippen molar-refractivity contribution in [3.05, 3.63) is 23.8 Å². The lowest BCUT2D eigenvalue weighted by atomic mass is 10.1. The van der Waals surface area contributed by atoms with Crippen LogP contribution in [-0.4, -0.2) is 18.5 Å². The zero-order chi connectivity index (χ0) is 12.4. The van der Waals surface area contributed by atoms with Crippen LogP contribution >= 0.6 is 0 Å². The first kappa shape index (κ1) is 12.0. The number of carbonyl (C=O) groups excluding carboxylic acids is 1. The zero-order valence-electron chi connectivity index (χ0n) is 10.8. The number of nitrogens with zero attached hydrogens (tertiary/aromatic N) is 1. The summed E-state index contributed by atoms with van der Waals surface area (Å²) in [5.41, 5.74) is 3.34. The first-order valence-corrected chi connectivity index (χ1v) is 6.25. The molecule has 17 heavy (non-hydrogen) atoms. The van der Waals surface area contributed by atoms with Gasteiger partial charge in [0, 0.05) is 19.0 Å². The van der Waals surface area contributed by atoms with E-state index in [1.165, 1.54) is 11.3 Å². The van der Waals surface area contributed by atoms with Crippen molar-refractivity contribution in [2.24, 2.45) is 0 Å². The number of para-hydroxylation sites is 1. The van der Waals surface area contributed by atoms with Crippen LogP contribution in [0, 0.1) is 6.92 Å². The van der Waals surface area contributed by atoms with Gasteiger partial charge in [-0.05, 0) is 38.8 Å². The minimum absolute atomic E-state index is 0.125. The normalized spacial score (nSPS) is 16.2. The first-order chi connectivity index (χ1) is 8.09. The van der Waals surface area contributed by atoms with Crippen molar-refractivity contribution in [2.45, 2.75) is 39.7 Å². The van der Waals surface area contributed by atoms with Crippen LogP contribution < -0.4 is 10.2 Å². The van der Waals surface area contributed by atoms with E-state index in [0.29, 0.717) is 12.5 Å². The number of rotatable bonds is 1. The van der Waals surface area contributed by atoms with Crippen molar-refractivity contribution in [3.63, 3.8) is 0 Å². The average Bonchev–Trinajstić information content (AvgIpc) is 2.23. The maximum Gasteiger partial charge on any atom is 0.224 e. The summed E-state index contributed by atoms with van der Waals surface area (Å²) in [4.78, 5) is 14.0. The molecule has 3 heteroatoms. The highest BCUT2D eigenvalue weighted by atomic mass is 16.1. The molecule has 1 aliphatic rings. The Hall–Kier alpha value is -1.51. The molecule has 3 nitrogen and oxygen atoms in total. The maximum absolute atomic E-state index is 11.7. The highest BCUT2D eigenvalue weighted by Gasteiger charge is 2.20. The Kier molecular flexibility index (Phi) is 3.36. The van der Waals surface area contributed by atoms with E-state index < -0.39 is 0 Å². The highest BCUT2D eigenvalue weighted by molar-refractivity contribution is 5.95. The molecule has 0 saturated heterocycles. The van der Waals surface area contributed by atoms with E-state index in [0.717, 1.165) is 18.7 Å². The van der Waals surface area contributed by atoms with Crippen LogP contribution in [0.2, 0.25) is 0 Å². The summed E-state index contributed by atoms with van der Waals surface area (Å²) in [6.07, 6.45) is 1.52. The lowest BCUT2D eigenvalue weighted by Crippen LogP contribution is -2.35. The smallest absolute Gasteiger partial charge is 0.224 e. The maximum atomic E-state index is 11.7. The van der Waals surface area contributed by atoms with Crippen molar-refractivity contribution in [1.82, 2.24) is 0 Å². The second-order valence-corrected chi connectivity index (χ2v) is 4.91. The molecule has 1 amide bonds. The largest absolute Gasteiger partial charge is 0.367 e. The number of benzene rings is 1. The van der Waals surface area contributed by atoms with E-state index in [4.69, 9.17) is 0 Å². The number of nitrogens with one attached hydrogen (secondary N) is 1. The Morgan fingerprint density at radius 2 is 2.12 bits per heavy atom. The van der Waals surface area contributed by atoms with E-state index in [9.17, 15) is 4.79 Å². The third-order valence-electron chi connectivity index (χ3n) is 3.23. The van der Waals surface area contributed by atoms with E-state index >= 15 is 0 Å². The molecule has 0 aromatic heterocycles. The van der Waals surface area contributed by atoms with Gasteiger partial charge in [-0.25, -0.2) is 0 Å². The highest BCUT2D eigenvalue weighted by Crippen LogP contribution is 2.32. The molecule has 0 saturated carbocycles. The zero-order valence-corrected chi connectivity index (χ0v) is 10.8. The van der Waals surface area contributed by atoms with Crippen molar-refractivity contribution in [1.29, 1.82) is 0 Å². The molecule has 0 bridgehead atoms. The lowest BCUT2D eigenvalue weighted by Gasteiger charge is -2.33. The molecular weight excluding hydrogens is 212 g/mol. The molecule has 1 aromatic rings. The van der Waals surface area contributed by atoms with Gasteiger partial charge in [-0.15, -0.1) is 0 Å². The molecule has 1 N–H and O–H groups in total. The van der Waals surface area contributed by atoms with Crippen LogP contribution in [-0.2, 0) is 4.79 Å². The van der Waals surface area contributed by atoms with Crippen LogP contribution in [0.5, 0.6) is 0 Å². The average molecular weight is 232 g/mol. The number of fused-ring (bicyclic) bond motifs is 1. The van der Waals surface area contributed by atoms with Gasteiger partial charge in [0.15, 0.2) is 0 Å². The molecule has 1 heterocycles. The monoisotopic (exact) mass is 232 g/mol. The van der Waals surface area contributed by atoms with E-state index in [-0.39, 0.29) is 5.91 Å². The number of amides is 1. The Morgan fingerprint density at radius 3 is 2.82 bits per heavy atom. The van der Waals surface area contributed by atoms with Crippen molar-refractivity contribution in [2.75, 3.05) is 16.8 Å². The third-order valence-corrected chi connectivity index (χ3v) is 3.23. The SMILES string of the molecule is Cc1cccc2c1N(C(C)C)CCCC(=O)N2. The van der Waals surface area contributed by atoms with Gasteiger partial charge in [0.1, 0.15) is 0 Å². The van der Waals surface area contributed by atoms with Gasteiger partial charge in [-0.2, -0.15) is 0 Å². The number of aryl methyl sites for hydroxylation is 1. The fourth-order valence-corrected chi connectivity index (χ4v) is 2.39. The molecule has 1 aromatic carbocycles. The summed E-state index contributed by atoms with van der Waals surface area (Å²) in [6, 6.07) is 6.53. The summed E-state index contributed by atoms with van der Waals surface area (Å²) in [5, 5.41) is 3.01. The summed E-state index contributed by atoms with van der Waals surface area (Å²) in [5.74, 6) is 0.125. The van der Waals surface area contributed by atoms with Gasteiger partial charge in [0.25, 0.3) is 0 Å². The number of hydrogen-bond donors (Lipinski definition) is 1. The molecule has 0 aliphatic carbocycles. The summed E-state index contributed by atoms with van der Waals surface area (Å²) < 4.78 is 0. The van der Waals surface area contributed by atoms with Crippen molar-refractivity contribution >= 4 is 17.3 Å².